The zero-order chi connectivity index (χ0) is 15.4. The van der Waals surface area contributed by atoms with Crippen LogP contribution in [0.3, 0.4) is 0 Å². The van der Waals surface area contributed by atoms with Gasteiger partial charge in [-0.15, -0.1) is 0 Å². The summed E-state index contributed by atoms with van der Waals surface area (Å²) in [4.78, 5) is 16.2. The lowest BCUT2D eigenvalue weighted by molar-refractivity contribution is 0.0521. The lowest BCUT2D eigenvalue weighted by Crippen LogP contribution is -2.10. The Morgan fingerprint density at radius 2 is 2.05 bits per heavy atom. The van der Waals surface area contributed by atoms with Gasteiger partial charge in [0.15, 0.2) is 5.69 Å². The molecule has 0 atom stereocenters. The van der Waals surface area contributed by atoms with E-state index in [1.165, 1.54) is 0 Å². The number of aromatic nitrogens is 2. The standard InChI is InChI=1S/C15H19N3O3/c1-4-12-17-13(15(19)21-5-2)14(16)18(12)10-8-6-7-9-11(10)20-3/h6-9H,4-5,16H2,1-3H3. The van der Waals surface area contributed by atoms with Crippen molar-refractivity contribution in [3.63, 3.8) is 0 Å². The fourth-order valence-corrected chi connectivity index (χ4v) is 2.15. The topological polar surface area (TPSA) is 79.4 Å². The molecule has 0 aliphatic rings. The van der Waals surface area contributed by atoms with Crippen LogP contribution in [0.5, 0.6) is 5.75 Å². The number of nitrogen functional groups attached to an aromatic ring is 1. The van der Waals surface area contributed by atoms with Gasteiger partial charge < -0.3 is 15.2 Å². The van der Waals surface area contributed by atoms with Crippen molar-refractivity contribution in [1.82, 2.24) is 9.55 Å². The van der Waals surface area contributed by atoms with Gasteiger partial charge in [0.1, 0.15) is 17.4 Å². The lowest BCUT2D eigenvalue weighted by Gasteiger charge is -2.12. The van der Waals surface area contributed by atoms with Crippen LogP contribution in [0.1, 0.15) is 30.2 Å². The monoisotopic (exact) mass is 289 g/mol. The number of nitrogens with two attached hydrogens (primary N) is 1. The van der Waals surface area contributed by atoms with Gasteiger partial charge >= 0.3 is 5.97 Å². The molecule has 0 saturated carbocycles. The van der Waals surface area contributed by atoms with Crippen molar-refractivity contribution < 1.29 is 14.3 Å². The quantitative estimate of drug-likeness (QED) is 0.854. The molecule has 0 bridgehead atoms. The summed E-state index contributed by atoms with van der Waals surface area (Å²) in [5.41, 5.74) is 7.00. The molecule has 1 aromatic carbocycles. The second-order valence-corrected chi connectivity index (χ2v) is 4.34. The number of carbonyl (C=O) groups is 1. The third kappa shape index (κ3) is 2.69. The summed E-state index contributed by atoms with van der Waals surface area (Å²) in [7, 11) is 1.59. The highest BCUT2D eigenvalue weighted by Crippen LogP contribution is 2.28. The molecular weight excluding hydrogens is 270 g/mol. The molecule has 0 radical (unpaired) electrons. The molecule has 0 fully saturated rings. The zero-order valence-electron chi connectivity index (χ0n) is 12.4. The molecule has 1 aromatic heterocycles. The minimum atomic E-state index is -0.515. The Hall–Kier alpha value is -2.50. The SMILES string of the molecule is CCOC(=O)c1nc(CC)n(-c2ccccc2OC)c1N. The van der Waals surface area contributed by atoms with E-state index in [2.05, 4.69) is 4.98 Å². The van der Waals surface area contributed by atoms with Crippen molar-refractivity contribution in [2.24, 2.45) is 0 Å². The number of benzene rings is 1. The van der Waals surface area contributed by atoms with Crippen LogP contribution in [0.2, 0.25) is 0 Å². The molecule has 6 nitrogen and oxygen atoms in total. The van der Waals surface area contributed by atoms with Crippen LogP contribution in [-0.4, -0.2) is 29.2 Å². The van der Waals surface area contributed by atoms with Gasteiger partial charge in [-0.3, -0.25) is 4.57 Å². The van der Waals surface area contributed by atoms with Gasteiger partial charge in [-0.1, -0.05) is 19.1 Å². The first-order valence-corrected chi connectivity index (χ1v) is 6.81. The molecule has 2 rings (SSSR count). The maximum atomic E-state index is 11.9. The van der Waals surface area contributed by atoms with E-state index < -0.39 is 5.97 Å². The number of carbonyl (C=O) groups excluding carboxylic acids is 1. The Bertz CT molecular complexity index is 650. The predicted octanol–water partition coefficient (Wildman–Crippen LogP) is 2.20. The number of para-hydroxylation sites is 2. The van der Waals surface area contributed by atoms with Crippen molar-refractivity contribution in [2.75, 3.05) is 19.5 Å². The first kappa shape index (κ1) is 14.9. The minimum Gasteiger partial charge on any atom is -0.495 e. The Morgan fingerprint density at radius 1 is 1.33 bits per heavy atom. The number of imidazole rings is 1. The Kier molecular flexibility index (Phi) is 4.47. The van der Waals surface area contributed by atoms with E-state index in [9.17, 15) is 4.79 Å². The van der Waals surface area contributed by atoms with Gasteiger partial charge in [0.05, 0.1) is 19.4 Å². The third-order valence-electron chi connectivity index (χ3n) is 3.09. The van der Waals surface area contributed by atoms with Gasteiger partial charge in [-0.05, 0) is 19.1 Å². The maximum absolute atomic E-state index is 11.9. The summed E-state index contributed by atoms with van der Waals surface area (Å²) in [5, 5.41) is 0. The van der Waals surface area contributed by atoms with Crippen LogP contribution in [0.4, 0.5) is 5.82 Å². The van der Waals surface area contributed by atoms with E-state index in [-0.39, 0.29) is 18.1 Å². The van der Waals surface area contributed by atoms with Crippen molar-refractivity contribution in [3.05, 3.63) is 35.8 Å². The fraction of sp³-hybridized carbons (Fsp3) is 0.333. The Balaban J connectivity index is 2.60. The fourth-order valence-electron chi connectivity index (χ4n) is 2.15. The average molecular weight is 289 g/mol. The Labute approximate surface area is 123 Å². The number of aryl methyl sites for hydroxylation is 1. The number of ether oxygens (including phenoxy) is 2. The van der Waals surface area contributed by atoms with Crippen molar-refractivity contribution in [3.8, 4) is 11.4 Å². The summed E-state index contributed by atoms with van der Waals surface area (Å²) < 4.78 is 12.1. The second kappa shape index (κ2) is 6.30. The van der Waals surface area contributed by atoms with Crippen LogP contribution in [0, 0.1) is 0 Å². The molecule has 0 saturated heterocycles. The van der Waals surface area contributed by atoms with Crippen molar-refractivity contribution >= 4 is 11.8 Å². The lowest BCUT2D eigenvalue weighted by atomic mass is 10.2. The third-order valence-corrected chi connectivity index (χ3v) is 3.09. The molecule has 0 aliphatic heterocycles. The first-order valence-electron chi connectivity index (χ1n) is 6.81. The second-order valence-electron chi connectivity index (χ2n) is 4.34. The number of rotatable bonds is 5. The average Bonchev–Trinajstić information content (AvgIpc) is 2.84. The number of methoxy groups -OCH3 is 1. The van der Waals surface area contributed by atoms with Crippen LogP contribution in [0.15, 0.2) is 24.3 Å². The highest BCUT2D eigenvalue weighted by molar-refractivity contribution is 5.92. The molecule has 0 aliphatic carbocycles. The first-order chi connectivity index (χ1) is 10.1. The van der Waals surface area contributed by atoms with Crippen molar-refractivity contribution in [1.29, 1.82) is 0 Å². The molecule has 0 amide bonds. The van der Waals surface area contributed by atoms with E-state index in [0.717, 1.165) is 5.69 Å². The Morgan fingerprint density at radius 3 is 2.67 bits per heavy atom. The van der Waals surface area contributed by atoms with E-state index in [0.29, 0.717) is 18.0 Å². The summed E-state index contributed by atoms with van der Waals surface area (Å²) in [6.07, 6.45) is 0.627. The summed E-state index contributed by atoms with van der Waals surface area (Å²) in [5.74, 6) is 1.08. The molecule has 0 spiro atoms. The smallest absolute Gasteiger partial charge is 0.360 e. The van der Waals surface area contributed by atoms with Crippen LogP contribution in [0.25, 0.3) is 5.69 Å². The molecule has 1 heterocycles. The van der Waals surface area contributed by atoms with E-state index in [4.69, 9.17) is 15.2 Å². The van der Waals surface area contributed by atoms with Crippen LogP contribution < -0.4 is 10.5 Å². The van der Waals surface area contributed by atoms with Gasteiger partial charge in [0.25, 0.3) is 0 Å². The summed E-state index contributed by atoms with van der Waals surface area (Å²) >= 11 is 0. The van der Waals surface area contributed by atoms with Gasteiger partial charge in [0, 0.05) is 6.42 Å². The minimum absolute atomic E-state index is 0.139. The highest BCUT2D eigenvalue weighted by Gasteiger charge is 2.22. The summed E-state index contributed by atoms with van der Waals surface area (Å²) in [6, 6.07) is 7.44. The molecule has 112 valence electrons. The number of hydrogen-bond acceptors (Lipinski definition) is 5. The van der Waals surface area contributed by atoms with Gasteiger partial charge in [-0.25, -0.2) is 9.78 Å². The normalized spacial score (nSPS) is 10.4. The van der Waals surface area contributed by atoms with Crippen LogP contribution >= 0.6 is 0 Å². The largest absolute Gasteiger partial charge is 0.495 e. The molecule has 2 N–H and O–H groups in total. The summed E-state index contributed by atoms with van der Waals surface area (Å²) in [6.45, 7) is 3.97. The molecule has 0 unspecified atom stereocenters. The zero-order valence-corrected chi connectivity index (χ0v) is 12.4. The highest BCUT2D eigenvalue weighted by atomic mass is 16.5. The number of nitrogens with zero attached hydrogens (tertiary/aromatic N) is 2. The number of esters is 1. The van der Waals surface area contributed by atoms with E-state index in [1.807, 2.05) is 31.2 Å². The van der Waals surface area contributed by atoms with Gasteiger partial charge in [-0.2, -0.15) is 0 Å². The predicted molar refractivity (Wildman–Crippen MR) is 79.9 cm³/mol. The van der Waals surface area contributed by atoms with Crippen LogP contribution in [-0.2, 0) is 11.2 Å². The van der Waals surface area contributed by atoms with Gasteiger partial charge in [0.2, 0.25) is 0 Å². The molecule has 21 heavy (non-hydrogen) atoms. The van der Waals surface area contributed by atoms with E-state index in [1.54, 1.807) is 18.6 Å². The molecule has 2 aromatic rings. The number of anilines is 1. The van der Waals surface area contributed by atoms with Crippen molar-refractivity contribution in [2.45, 2.75) is 20.3 Å². The number of hydrogen-bond donors (Lipinski definition) is 1. The molecule has 6 heteroatoms. The van der Waals surface area contributed by atoms with E-state index >= 15 is 0 Å². The molecular formula is C15H19N3O3. The maximum Gasteiger partial charge on any atom is 0.360 e.